The van der Waals surface area contributed by atoms with Gasteiger partial charge in [-0.05, 0) is 26.2 Å². The van der Waals surface area contributed by atoms with Crippen LogP contribution in [-0.2, 0) is 9.53 Å². The molecule has 1 fully saturated rings. The van der Waals surface area contributed by atoms with Crippen LogP contribution in [0.15, 0.2) is 0 Å². The molecule has 0 bridgehead atoms. The van der Waals surface area contributed by atoms with E-state index < -0.39 is 11.4 Å². The highest BCUT2D eigenvalue weighted by atomic mass is 16.5. The number of methoxy groups -OCH3 is 1. The third kappa shape index (κ3) is 4.74. The van der Waals surface area contributed by atoms with E-state index in [1.165, 1.54) is 12.8 Å². The van der Waals surface area contributed by atoms with Gasteiger partial charge in [0.2, 0.25) is 0 Å². The van der Waals surface area contributed by atoms with E-state index in [9.17, 15) is 9.90 Å². The second kappa shape index (κ2) is 8.63. The molecule has 0 aromatic heterocycles. The Kier molecular flexibility index (Phi) is 7.52. The minimum Gasteiger partial charge on any atom is -0.481 e. The average Bonchev–Trinajstić information content (AvgIpc) is 2.69. The van der Waals surface area contributed by atoms with Crippen LogP contribution in [0.5, 0.6) is 0 Å². The number of ether oxygens (including phenoxy) is 1. The summed E-state index contributed by atoms with van der Waals surface area (Å²) >= 11 is 0. The fourth-order valence-electron chi connectivity index (χ4n) is 3.16. The standard InChI is InChI=1S/C16H31NO3/c1-4-14(2)17(11-12-20-3)13-16(15(18)19)9-7-5-6-8-10-16/h14H,4-13H2,1-3H3,(H,18,19). The van der Waals surface area contributed by atoms with Crippen molar-refractivity contribution in [2.45, 2.75) is 64.8 Å². The van der Waals surface area contributed by atoms with E-state index >= 15 is 0 Å². The Bertz CT molecular complexity index is 285. The highest BCUT2D eigenvalue weighted by Crippen LogP contribution is 2.36. The predicted molar refractivity (Wildman–Crippen MR) is 81.0 cm³/mol. The molecule has 4 nitrogen and oxygen atoms in total. The summed E-state index contributed by atoms with van der Waals surface area (Å²) in [6.45, 7) is 6.49. The van der Waals surface area contributed by atoms with Crippen molar-refractivity contribution in [3.8, 4) is 0 Å². The molecule has 0 aromatic rings. The van der Waals surface area contributed by atoms with E-state index in [1.54, 1.807) is 7.11 Å². The Hall–Kier alpha value is -0.610. The van der Waals surface area contributed by atoms with Gasteiger partial charge in [-0.3, -0.25) is 9.69 Å². The van der Waals surface area contributed by atoms with Gasteiger partial charge in [-0.15, -0.1) is 0 Å². The van der Waals surface area contributed by atoms with Gasteiger partial charge in [0.25, 0.3) is 0 Å². The Morgan fingerprint density at radius 2 is 1.90 bits per heavy atom. The minimum absolute atomic E-state index is 0.407. The lowest BCUT2D eigenvalue weighted by atomic mass is 9.79. The zero-order chi connectivity index (χ0) is 15.0. The number of carboxylic acid groups (broad SMARTS) is 1. The van der Waals surface area contributed by atoms with Gasteiger partial charge in [0, 0.05) is 26.2 Å². The first kappa shape index (κ1) is 17.4. The Morgan fingerprint density at radius 3 is 2.35 bits per heavy atom. The monoisotopic (exact) mass is 285 g/mol. The molecule has 0 amide bonds. The average molecular weight is 285 g/mol. The first-order chi connectivity index (χ1) is 9.55. The normalized spacial score (nSPS) is 20.6. The Labute approximate surface area is 123 Å². The Morgan fingerprint density at radius 1 is 1.30 bits per heavy atom. The molecular weight excluding hydrogens is 254 g/mol. The molecular formula is C16H31NO3. The van der Waals surface area contributed by atoms with Gasteiger partial charge in [0.15, 0.2) is 0 Å². The topological polar surface area (TPSA) is 49.8 Å². The number of rotatable bonds is 8. The van der Waals surface area contributed by atoms with Crippen LogP contribution < -0.4 is 0 Å². The molecule has 1 N–H and O–H groups in total. The van der Waals surface area contributed by atoms with Crippen molar-refractivity contribution in [3.05, 3.63) is 0 Å². The first-order valence-corrected chi connectivity index (χ1v) is 8.02. The van der Waals surface area contributed by atoms with Gasteiger partial charge >= 0.3 is 5.97 Å². The zero-order valence-corrected chi connectivity index (χ0v) is 13.4. The molecule has 1 unspecified atom stereocenters. The van der Waals surface area contributed by atoms with Crippen molar-refractivity contribution in [2.75, 3.05) is 26.8 Å². The molecule has 4 heteroatoms. The van der Waals surface area contributed by atoms with E-state index in [-0.39, 0.29) is 0 Å². The van der Waals surface area contributed by atoms with Crippen molar-refractivity contribution >= 4 is 5.97 Å². The lowest BCUT2D eigenvalue weighted by molar-refractivity contribution is -0.151. The number of aliphatic carboxylic acids is 1. The van der Waals surface area contributed by atoms with Gasteiger partial charge in [-0.2, -0.15) is 0 Å². The third-order valence-electron chi connectivity index (χ3n) is 4.82. The van der Waals surface area contributed by atoms with E-state index in [0.717, 1.165) is 38.6 Å². The molecule has 0 radical (unpaired) electrons. The first-order valence-electron chi connectivity index (χ1n) is 8.02. The van der Waals surface area contributed by atoms with Crippen molar-refractivity contribution < 1.29 is 14.6 Å². The van der Waals surface area contributed by atoms with Crippen LogP contribution in [0.4, 0.5) is 0 Å². The van der Waals surface area contributed by atoms with Crippen molar-refractivity contribution in [1.29, 1.82) is 0 Å². The fraction of sp³-hybridized carbons (Fsp3) is 0.938. The van der Waals surface area contributed by atoms with Crippen LogP contribution in [0.1, 0.15) is 58.8 Å². The molecule has 20 heavy (non-hydrogen) atoms. The molecule has 1 atom stereocenters. The molecule has 0 aromatic carbocycles. The second-order valence-electron chi connectivity index (χ2n) is 6.22. The number of hydrogen-bond donors (Lipinski definition) is 1. The molecule has 118 valence electrons. The second-order valence-corrected chi connectivity index (χ2v) is 6.22. The van der Waals surface area contributed by atoms with Crippen LogP contribution in [-0.4, -0.2) is 48.8 Å². The fourth-order valence-corrected chi connectivity index (χ4v) is 3.16. The summed E-state index contributed by atoms with van der Waals surface area (Å²) in [4.78, 5) is 14.2. The maximum atomic E-state index is 11.9. The molecule has 1 aliphatic rings. The van der Waals surface area contributed by atoms with Gasteiger partial charge in [-0.25, -0.2) is 0 Å². The smallest absolute Gasteiger partial charge is 0.310 e. The summed E-state index contributed by atoms with van der Waals surface area (Å²) in [6.07, 6.45) is 7.13. The SMILES string of the molecule is CCC(C)N(CCOC)CC1(C(=O)O)CCCCCC1. The summed E-state index contributed by atoms with van der Waals surface area (Å²) in [6, 6.07) is 0.407. The predicted octanol–water partition coefficient (Wildman–Crippen LogP) is 3.16. The number of hydrogen-bond acceptors (Lipinski definition) is 3. The van der Waals surface area contributed by atoms with Crippen LogP contribution in [0.2, 0.25) is 0 Å². The summed E-state index contributed by atoms with van der Waals surface area (Å²) in [5.74, 6) is -0.606. The molecule has 1 saturated carbocycles. The van der Waals surface area contributed by atoms with E-state index in [2.05, 4.69) is 18.7 Å². The molecule has 1 rings (SSSR count). The molecule has 0 aliphatic heterocycles. The summed E-state index contributed by atoms with van der Waals surface area (Å²) < 4.78 is 5.19. The lowest BCUT2D eigenvalue weighted by Crippen LogP contribution is -2.47. The highest BCUT2D eigenvalue weighted by Gasteiger charge is 2.40. The highest BCUT2D eigenvalue weighted by molar-refractivity contribution is 5.75. The van der Waals surface area contributed by atoms with Gasteiger partial charge < -0.3 is 9.84 Å². The van der Waals surface area contributed by atoms with Crippen molar-refractivity contribution in [3.63, 3.8) is 0 Å². The third-order valence-corrected chi connectivity index (χ3v) is 4.82. The summed E-state index contributed by atoms with van der Waals surface area (Å²) in [5.41, 5.74) is -0.548. The zero-order valence-electron chi connectivity index (χ0n) is 13.4. The van der Waals surface area contributed by atoms with E-state index in [4.69, 9.17) is 4.74 Å². The van der Waals surface area contributed by atoms with E-state index in [0.29, 0.717) is 19.2 Å². The van der Waals surface area contributed by atoms with Gasteiger partial charge in [0.05, 0.1) is 12.0 Å². The largest absolute Gasteiger partial charge is 0.481 e. The minimum atomic E-state index is -0.606. The van der Waals surface area contributed by atoms with Gasteiger partial charge in [-0.1, -0.05) is 32.6 Å². The van der Waals surface area contributed by atoms with Crippen LogP contribution in [0.25, 0.3) is 0 Å². The lowest BCUT2D eigenvalue weighted by Gasteiger charge is -2.37. The van der Waals surface area contributed by atoms with E-state index in [1.807, 2.05) is 0 Å². The maximum Gasteiger partial charge on any atom is 0.310 e. The summed E-state index contributed by atoms with van der Waals surface area (Å²) in [7, 11) is 1.70. The molecule has 0 heterocycles. The summed E-state index contributed by atoms with van der Waals surface area (Å²) in [5, 5.41) is 9.78. The maximum absolute atomic E-state index is 11.9. The van der Waals surface area contributed by atoms with Crippen LogP contribution in [0.3, 0.4) is 0 Å². The molecule has 0 saturated heterocycles. The van der Waals surface area contributed by atoms with Gasteiger partial charge in [0.1, 0.15) is 0 Å². The molecule has 0 spiro atoms. The molecule has 1 aliphatic carbocycles. The number of carboxylic acids is 1. The Balaban J connectivity index is 2.80. The quantitative estimate of drug-likeness (QED) is 0.696. The number of carbonyl (C=O) groups is 1. The van der Waals surface area contributed by atoms with Crippen LogP contribution in [0, 0.1) is 5.41 Å². The number of nitrogens with zero attached hydrogens (tertiary/aromatic N) is 1. The van der Waals surface area contributed by atoms with Crippen molar-refractivity contribution in [2.24, 2.45) is 5.41 Å². The van der Waals surface area contributed by atoms with Crippen molar-refractivity contribution in [1.82, 2.24) is 4.90 Å². The van der Waals surface area contributed by atoms with Crippen LogP contribution >= 0.6 is 0 Å².